The second-order valence-electron chi connectivity index (χ2n) is 10.7. The van der Waals surface area contributed by atoms with Crippen molar-refractivity contribution >= 4 is 24.6 Å². The highest BCUT2D eigenvalue weighted by Gasteiger charge is 2.30. The number of ether oxygens (including phenoxy) is 3. The molecule has 3 rings (SSSR count). The van der Waals surface area contributed by atoms with Crippen molar-refractivity contribution in [1.82, 2.24) is 10.6 Å². The van der Waals surface area contributed by atoms with Crippen LogP contribution in [0.5, 0.6) is 17.2 Å². The molecule has 3 atom stereocenters. The minimum Gasteiger partial charge on any atom is -0.493 e. The smallest absolute Gasteiger partial charge is 0.475 e. The van der Waals surface area contributed by atoms with Crippen LogP contribution in [0.2, 0.25) is 0 Å². The number of benzene rings is 3. The summed E-state index contributed by atoms with van der Waals surface area (Å²) in [5.74, 6) is -0.390. The molecule has 230 valence electrons. The van der Waals surface area contributed by atoms with Gasteiger partial charge in [0, 0.05) is 17.7 Å². The van der Waals surface area contributed by atoms with Gasteiger partial charge in [-0.1, -0.05) is 62.4 Å². The normalized spacial score (nSPS) is 13.0. The van der Waals surface area contributed by atoms with Gasteiger partial charge in [-0.2, -0.15) is 0 Å². The number of rotatable bonds is 15. The number of carbonyl (C=O) groups is 2. The molecule has 10 nitrogen and oxygen atoms in total. The van der Waals surface area contributed by atoms with Crippen LogP contribution >= 0.6 is 0 Å². The van der Waals surface area contributed by atoms with Gasteiger partial charge in [-0.3, -0.25) is 9.59 Å². The Morgan fingerprint density at radius 3 is 2.07 bits per heavy atom. The predicted octanol–water partition coefficient (Wildman–Crippen LogP) is 3.45. The van der Waals surface area contributed by atoms with E-state index in [1.165, 1.54) is 21.3 Å². The summed E-state index contributed by atoms with van der Waals surface area (Å²) in [6, 6.07) is 19.4. The highest BCUT2D eigenvalue weighted by Crippen LogP contribution is 2.40. The van der Waals surface area contributed by atoms with Gasteiger partial charge in [0.05, 0.1) is 27.3 Å². The van der Waals surface area contributed by atoms with Crippen LogP contribution < -0.4 is 30.2 Å². The van der Waals surface area contributed by atoms with E-state index in [2.05, 4.69) is 16.0 Å². The lowest BCUT2D eigenvalue weighted by molar-refractivity contribution is -0.129. The lowest BCUT2D eigenvalue weighted by atomic mass is 9.75. The molecule has 0 fully saturated rings. The number of anilines is 1. The Morgan fingerprint density at radius 1 is 0.791 bits per heavy atom. The van der Waals surface area contributed by atoms with Crippen LogP contribution in [0.15, 0.2) is 66.7 Å². The zero-order chi connectivity index (χ0) is 31.5. The first kappa shape index (κ1) is 33.3. The molecule has 0 aliphatic rings. The van der Waals surface area contributed by atoms with Crippen molar-refractivity contribution in [3.63, 3.8) is 0 Å². The van der Waals surface area contributed by atoms with Gasteiger partial charge in [-0.15, -0.1) is 0 Å². The van der Waals surface area contributed by atoms with Crippen LogP contribution in [0.1, 0.15) is 32.8 Å². The summed E-state index contributed by atoms with van der Waals surface area (Å²) in [4.78, 5) is 26.7. The number of hydrogen-bond donors (Lipinski definition) is 5. The summed E-state index contributed by atoms with van der Waals surface area (Å²) < 4.78 is 16.6. The third-order valence-electron chi connectivity index (χ3n) is 7.00. The lowest BCUT2D eigenvalue weighted by Crippen LogP contribution is -2.55. The van der Waals surface area contributed by atoms with Gasteiger partial charge in [-0.25, -0.2) is 0 Å². The van der Waals surface area contributed by atoms with Crippen LogP contribution in [0, 0.1) is 5.92 Å². The Labute approximate surface area is 253 Å². The molecule has 5 N–H and O–H groups in total. The highest BCUT2D eigenvalue weighted by atomic mass is 16.5. The topological polar surface area (TPSA) is 138 Å². The van der Waals surface area contributed by atoms with Gasteiger partial charge >= 0.3 is 7.12 Å². The lowest BCUT2D eigenvalue weighted by Gasteiger charge is -2.25. The molecule has 3 aromatic carbocycles. The van der Waals surface area contributed by atoms with Crippen molar-refractivity contribution in [3.05, 3.63) is 72.3 Å². The summed E-state index contributed by atoms with van der Waals surface area (Å²) in [5.41, 5.74) is 3.39. The Hall–Kier alpha value is -4.22. The van der Waals surface area contributed by atoms with Crippen molar-refractivity contribution < 1.29 is 33.8 Å². The molecular weight excluding hydrogens is 549 g/mol. The fourth-order valence-electron chi connectivity index (χ4n) is 4.82. The second-order valence-corrected chi connectivity index (χ2v) is 10.7. The minimum atomic E-state index is -1.72. The molecule has 3 aromatic rings. The third kappa shape index (κ3) is 9.13. The Morgan fingerprint density at radius 2 is 1.47 bits per heavy atom. The fraction of sp³-hybridized carbons (Fsp3) is 0.375. The van der Waals surface area contributed by atoms with E-state index in [0.717, 1.165) is 11.1 Å². The molecule has 0 unspecified atom stereocenters. The third-order valence-corrected chi connectivity index (χ3v) is 7.00. The van der Waals surface area contributed by atoms with Crippen molar-refractivity contribution in [2.24, 2.45) is 5.92 Å². The van der Waals surface area contributed by atoms with Gasteiger partial charge in [0.2, 0.25) is 17.6 Å². The quantitative estimate of drug-likeness (QED) is 0.170. The summed E-state index contributed by atoms with van der Waals surface area (Å²) in [6.07, 6.45) is 0.551. The van der Waals surface area contributed by atoms with Gasteiger partial charge in [0.15, 0.2) is 11.5 Å². The zero-order valence-electron chi connectivity index (χ0n) is 25.6. The molecule has 0 aliphatic carbocycles. The first-order chi connectivity index (χ1) is 20.6. The number of hydrogen-bond acceptors (Lipinski definition) is 8. The van der Waals surface area contributed by atoms with Crippen molar-refractivity contribution in [3.8, 4) is 28.4 Å². The Bertz CT molecular complexity index is 1350. The van der Waals surface area contributed by atoms with Crippen LogP contribution in [0.3, 0.4) is 0 Å². The van der Waals surface area contributed by atoms with Crippen molar-refractivity contribution in [2.45, 2.75) is 51.6 Å². The van der Waals surface area contributed by atoms with E-state index in [1.807, 2.05) is 68.4 Å². The first-order valence-corrected chi connectivity index (χ1v) is 14.2. The first-order valence-electron chi connectivity index (χ1n) is 14.2. The maximum Gasteiger partial charge on any atom is 0.475 e. The molecule has 2 amide bonds. The van der Waals surface area contributed by atoms with Crippen LogP contribution in [0.4, 0.5) is 5.69 Å². The molecule has 0 saturated heterocycles. The molecule has 11 heteroatoms. The van der Waals surface area contributed by atoms with Crippen LogP contribution in [-0.2, 0) is 16.0 Å². The summed E-state index contributed by atoms with van der Waals surface area (Å²) in [5, 5.41) is 28.2. The monoisotopic (exact) mass is 591 g/mol. The van der Waals surface area contributed by atoms with E-state index < -0.39 is 37.0 Å². The summed E-state index contributed by atoms with van der Waals surface area (Å²) in [6.45, 7) is 5.38. The van der Waals surface area contributed by atoms with E-state index in [4.69, 9.17) is 14.2 Å². The largest absolute Gasteiger partial charge is 0.493 e. The average Bonchev–Trinajstić information content (AvgIpc) is 3.00. The predicted molar refractivity (Wildman–Crippen MR) is 168 cm³/mol. The Kier molecular flexibility index (Phi) is 12.3. The SMILES string of the molecule is COc1ccc(C[C@H](Nc2cccc(-c3ccccc3)c2)C(=O)N[C@@H](C)C(=O)N[C@@H](CC(C)C)B(O)O)c(OC)c1OC. The van der Waals surface area contributed by atoms with Crippen LogP contribution in [0.25, 0.3) is 11.1 Å². The van der Waals surface area contributed by atoms with Crippen molar-refractivity contribution in [2.75, 3.05) is 26.6 Å². The maximum atomic E-state index is 13.7. The van der Waals surface area contributed by atoms with Gasteiger partial charge < -0.3 is 40.2 Å². The maximum absolute atomic E-state index is 13.7. The van der Waals surface area contributed by atoms with Gasteiger partial charge in [0.1, 0.15) is 12.1 Å². The molecule has 0 heterocycles. The summed E-state index contributed by atoms with van der Waals surface area (Å²) in [7, 11) is 2.83. The van der Waals surface area contributed by atoms with E-state index >= 15 is 0 Å². The molecule has 0 aliphatic heterocycles. The minimum absolute atomic E-state index is 0.119. The van der Waals surface area contributed by atoms with E-state index in [1.54, 1.807) is 19.1 Å². The highest BCUT2D eigenvalue weighted by molar-refractivity contribution is 6.43. The van der Waals surface area contributed by atoms with E-state index in [-0.39, 0.29) is 12.3 Å². The molecule has 0 spiro atoms. The number of amides is 2. The number of methoxy groups -OCH3 is 3. The van der Waals surface area contributed by atoms with Gasteiger partial charge in [0.25, 0.3) is 0 Å². The standard InChI is InChI=1S/C32H42BN3O7/c1-20(2)17-28(33(39)40)36-31(37)21(3)34-32(38)26(19-24-15-16-27(41-4)30(43-6)29(24)42-5)35-25-14-10-13-23(18-25)22-11-8-7-9-12-22/h7-16,18,20-21,26,28,35,39-40H,17,19H2,1-6H3,(H,34,38)(H,36,37)/t21-,26-,28-/m0/s1. The Balaban J connectivity index is 1.90. The molecule has 0 bridgehead atoms. The molecule has 0 aromatic heterocycles. The molecular formula is C32H42BN3O7. The number of carbonyl (C=O) groups excluding carboxylic acids is 2. The fourth-order valence-corrected chi connectivity index (χ4v) is 4.82. The molecule has 0 radical (unpaired) electrons. The van der Waals surface area contributed by atoms with Gasteiger partial charge in [-0.05, 0) is 48.6 Å². The van der Waals surface area contributed by atoms with E-state index in [0.29, 0.717) is 34.9 Å². The van der Waals surface area contributed by atoms with Crippen molar-refractivity contribution in [1.29, 1.82) is 0 Å². The molecule has 43 heavy (non-hydrogen) atoms. The van der Waals surface area contributed by atoms with E-state index in [9.17, 15) is 19.6 Å². The van der Waals surface area contributed by atoms with Crippen LogP contribution in [-0.4, -0.2) is 68.3 Å². The summed E-state index contributed by atoms with van der Waals surface area (Å²) >= 11 is 0. The average molecular weight is 592 g/mol. The molecule has 0 saturated carbocycles. The zero-order valence-corrected chi connectivity index (χ0v) is 25.6. The second kappa shape index (κ2) is 15.9. The number of nitrogens with one attached hydrogen (secondary N) is 3.